The third-order valence-electron chi connectivity index (χ3n) is 2.63. The van der Waals surface area contributed by atoms with Gasteiger partial charge in [-0.05, 0) is 24.3 Å². The Morgan fingerprint density at radius 1 is 1.26 bits per heavy atom. The second-order valence-corrected chi connectivity index (χ2v) is 4.15. The first kappa shape index (κ1) is 15.6. The van der Waals surface area contributed by atoms with E-state index in [1.165, 1.54) is 12.1 Å². The van der Waals surface area contributed by atoms with Gasteiger partial charge in [-0.15, -0.1) is 0 Å². The Bertz CT molecular complexity index is 810. The van der Waals surface area contributed by atoms with Gasteiger partial charge in [-0.2, -0.15) is 15.6 Å². The van der Waals surface area contributed by atoms with Crippen molar-refractivity contribution in [3.63, 3.8) is 0 Å². The molecule has 0 amide bonds. The van der Waals surface area contributed by atoms with E-state index in [0.29, 0.717) is 17.2 Å². The number of carboxylic acids is 1. The van der Waals surface area contributed by atoms with E-state index < -0.39 is 5.97 Å². The second-order valence-electron chi connectivity index (χ2n) is 4.15. The molecule has 0 aliphatic heterocycles. The summed E-state index contributed by atoms with van der Waals surface area (Å²) < 4.78 is 10.6. The maximum absolute atomic E-state index is 10.7. The molecule has 0 spiro atoms. The van der Waals surface area contributed by atoms with Crippen molar-refractivity contribution in [3.8, 4) is 17.9 Å². The van der Waals surface area contributed by atoms with Crippen LogP contribution < -0.4 is 10.2 Å². The molecule has 2 rings (SSSR count). The molecule has 0 radical (unpaired) electrons. The lowest BCUT2D eigenvalue weighted by molar-refractivity contribution is 0.0658. The highest BCUT2D eigenvalue weighted by atomic mass is 16.5. The second kappa shape index (κ2) is 7.29. The van der Waals surface area contributed by atoms with E-state index in [4.69, 9.17) is 24.8 Å². The highest BCUT2D eigenvalue weighted by Crippen LogP contribution is 2.25. The van der Waals surface area contributed by atoms with Gasteiger partial charge >= 0.3 is 5.97 Å². The Hall–Kier alpha value is -3.78. The summed E-state index contributed by atoms with van der Waals surface area (Å²) in [6.45, 7) is 0.0129. The van der Waals surface area contributed by atoms with E-state index in [0.717, 1.165) is 0 Å². The van der Waals surface area contributed by atoms with Crippen molar-refractivity contribution >= 4 is 17.4 Å². The number of nitriles is 2. The molecule has 0 atom stereocenters. The topological polar surface area (TPSA) is 132 Å². The normalized spacial score (nSPS) is 9.30. The molecule has 1 heterocycles. The zero-order chi connectivity index (χ0) is 16.7. The van der Waals surface area contributed by atoms with Gasteiger partial charge in [-0.25, -0.2) is 4.79 Å². The van der Waals surface area contributed by atoms with Gasteiger partial charge in [0.05, 0.1) is 5.69 Å². The fraction of sp³-hybridized carbons (Fsp3) is 0.0667. The first-order chi connectivity index (χ1) is 11.1. The molecular weight excluding hydrogens is 300 g/mol. The number of hydrogen-bond acceptors (Lipinski definition) is 7. The number of nitrogens with one attached hydrogen (secondary N) is 1. The Labute approximate surface area is 130 Å². The molecule has 0 fully saturated rings. The number of benzene rings is 1. The maximum atomic E-state index is 10.7. The van der Waals surface area contributed by atoms with Crippen LogP contribution in [0.1, 0.15) is 16.3 Å². The van der Waals surface area contributed by atoms with Crippen LogP contribution in [0.2, 0.25) is 0 Å². The third-order valence-corrected chi connectivity index (χ3v) is 2.63. The summed E-state index contributed by atoms with van der Waals surface area (Å²) in [6.07, 6.45) is 0. The molecule has 0 bridgehead atoms. The Balaban J connectivity index is 2.08. The van der Waals surface area contributed by atoms with Crippen LogP contribution in [-0.4, -0.2) is 16.8 Å². The quantitative estimate of drug-likeness (QED) is 0.618. The smallest absolute Gasteiger partial charge is 0.371 e. The molecular formula is C15H10N4O4. The van der Waals surface area contributed by atoms with Crippen LogP contribution in [-0.2, 0) is 6.61 Å². The van der Waals surface area contributed by atoms with Gasteiger partial charge in [-0.3, -0.25) is 5.43 Å². The molecule has 0 unspecified atom stereocenters. The highest BCUT2D eigenvalue weighted by Gasteiger charge is 2.10. The molecule has 8 nitrogen and oxygen atoms in total. The van der Waals surface area contributed by atoms with Gasteiger partial charge in [0.1, 0.15) is 30.3 Å². The zero-order valence-corrected chi connectivity index (χ0v) is 11.7. The lowest BCUT2D eigenvalue weighted by Crippen LogP contribution is -2.00. The number of ether oxygens (including phenoxy) is 1. The molecule has 2 aromatic rings. The number of carbonyl (C=O) groups is 1. The van der Waals surface area contributed by atoms with E-state index in [9.17, 15) is 4.79 Å². The minimum Gasteiger partial charge on any atom is -0.483 e. The predicted molar refractivity (Wildman–Crippen MR) is 78.7 cm³/mol. The lowest BCUT2D eigenvalue weighted by Gasteiger charge is -2.09. The zero-order valence-electron chi connectivity index (χ0n) is 11.7. The van der Waals surface area contributed by atoms with E-state index in [1.807, 2.05) is 0 Å². The number of anilines is 1. The Kier molecular flexibility index (Phi) is 4.95. The van der Waals surface area contributed by atoms with Crippen LogP contribution in [0.25, 0.3) is 0 Å². The van der Waals surface area contributed by atoms with Gasteiger partial charge < -0.3 is 14.3 Å². The minimum absolute atomic E-state index is 0.0129. The summed E-state index contributed by atoms with van der Waals surface area (Å²) in [5, 5.41) is 29.7. The van der Waals surface area contributed by atoms with Crippen LogP contribution in [0.3, 0.4) is 0 Å². The van der Waals surface area contributed by atoms with Crippen molar-refractivity contribution < 1.29 is 19.1 Å². The van der Waals surface area contributed by atoms with Crippen LogP contribution in [0.15, 0.2) is 45.9 Å². The van der Waals surface area contributed by atoms with Crippen molar-refractivity contribution in [2.45, 2.75) is 6.61 Å². The van der Waals surface area contributed by atoms with Crippen LogP contribution in [0, 0.1) is 22.7 Å². The summed E-state index contributed by atoms with van der Waals surface area (Å²) in [5.74, 6) is -0.587. The maximum Gasteiger partial charge on any atom is 0.371 e. The van der Waals surface area contributed by atoms with Gasteiger partial charge in [0.15, 0.2) is 0 Å². The third kappa shape index (κ3) is 4.09. The van der Waals surface area contributed by atoms with Crippen molar-refractivity contribution in [1.29, 1.82) is 10.5 Å². The molecule has 1 aromatic heterocycles. The number of hydrogen-bond donors (Lipinski definition) is 2. The summed E-state index contributed by atoms with van der Waals surface area (Å²) >= 11 is 0. The first-order valence-corrected chi connectivity index (χ1v) is 6.31. The molecule has 0 saturated carbocycles. The molecule has 0 aliphatic rings. The first-order valence-electron chi connectivity index (χ1n) is 6.31. The van der Waals surface area contributed by atoms with E-state index in [2.05, 4.69) is 10.5 Å². The summed E-state index contributed by atoms with van der Waals surface area (Å²) in [5.41, 5.74) is 2.69. The van der Waals surface area contributed by atoms with Crippen LogP contribution in [0.4, 0.5) is 5.69 Å². The summed E-state index contributed by atoms with van der Waals surface area (Å²) in [4.78, 5) is 10.7. The molecule has 1 aromatic carbocycles. The van der Waals surface area contributed by atoms with E-state index >= 15 is 0 Å². The molecule has 0 aliphatic carbocycles. The summed E-state index contributed by atoms with van der Waals surface area (Å²) in [7, 11) is 0. The average Bonchev–Trinajstić information content (AvgIpc) is 3.04. The molecule has 2 N–H and O–H groups in total. The number of aromatic carboxylic acids is 1. The average molecular weight is 310 g/mol. The van der Waals surface area contributed by atoms with Gasteiger partial charge in [0.25, 0.3) is 0 Å². The van der Waals surface area contributed by atoms with Crippen molar-refractivity contribution in [3.05, 3.63) is 47.9 Å². The van der Waals surface area contributed by atoms with Gasteiger partial charge in [0.2, 0.25) is 11.5 Å². The Morgan fingerprint density at radius 2 is 2.00 bits per heavy atom. The fourth-order valence-corrected chi connectivity index (χ4v) is 1.60. The lowest BCUT2D eigenvalue weighted by atomic mass is 10.3. The van der Waals surface area contributed by atoms with Crippen LogP contribution >= 0.6 is 0 Å². The van der Waals surface area contributed by atoms with E-state index in [1.54, 1.807) is 36.4 Å². The number of nitrogens with zero attached hydrogens (tertiary/aromatic N) is 3. The van der Waals surface area contributed by atoms with Gasteiger partial charge in [0, 0.05) is 0 Å². The number of carboxylic acid groups (broad SMARTS) is 1. The monoisotopic (exact) mass is 310 g/mol. The van der Waals surface area contributed by atoms with Crippen molar-refractivity contribution in [2.24, 2.45) is 5.10 Å². The number of furan rings is 1. The van der Waals surface area contributed by atoms with Crippen molar-refractivity contribution in [1.82, 2.24) is 0 Å². The molecule has 0 saturated heterocycles. The standard InChI is InChI=1S/C15H10N4O4/c16-7-10(8-17)18-19-12-3-1-2-4-13(12)22-9-11-5-6-14(23-11)15(20)21/h1-6,19H,9H2,(H,20,21). The van der Waals surface area contributed by atoms with Crippen LogP contribution in [0.5, 0.6) is 5.75 Å². The Morgan fingerprint density at radius 3 is 2.65 bits per heavy atom. The number of hydrazone groups is 1. The number of para-hydroxylation sites is 2. The minimum atomic E-state index is -1.16. The van der Waals surface area contributed by atoms with Crippen molar-refractivity contribution in [2.75, 3.05) is 5.43 Å². The molecule has 8 heteroatoms. The molecule has 23 heavy (non-hydrogen) atoms. The highest BCUT2D eigenvalue weighted by molar-refractivity contribution is 6.10. The molecule has 114 valence electrons. The SMILES string of the molecule is N#CC(C#N)=NNc1ccccc1OCc1ccc(C(=O)O)o1. The predicted octanol–water partition coefficient (Wildman–Crippen LogP) is 2.37. The van der Waals surface area contributed by atoms with E-state index in [-0.39, 0.29) is 18.1 Å². The largest absolute Gasteiger partial charge is 0.483 e. The van der Waals surface area contributed by atoms with Gasteiger partial charge in [-0.1, -0.05) is 12.1 Å². The fourth-order valence-electron chi connectivity index (χ4n) is 1.60. The number of rotatable bonds is 6. The summed E-state index contributed by atoms with van der Waals surface area (Å²) in [6, 6.07) is 12.8.